The third-order valence-electron chi connectivity index (χ3n) is 4.14. The molecule has 2 rings (SSSR count). The first kappa shape index (κ1) is 21.5. The van der Waals surface area contributed by atoms with Crippen molar-refractivity contribution in [3.05, 3.63) is 40.5 Å². The summed E-state index contributed by atoms with van der Waals surface area (Å²) in [6, 6.07) is 0. The van der Waals surface area contributed by atoms with Crippen LogP contribution in [-0.4, -0.2) is 23.5 Å². The number of carbonyl (C=O) groups is 2. The lowest BCUT2D eigenvalue weighted by atomic mass is 9.70. The van der Waals surface area contributed by atoms with E-state index in [1.807, 2.05) is 0 Å². The highest BCUT2D eigenvalue weighted by Gasteiger charge is 2.47. The number of allylic oxidation sites excluding steroid dienone is 1. The maximum absolute atomic E-state index is 13.7. The minimum Gasteiger partial charge on any atom is -0.509 e. The molecule has 0 radical (unpaired) electrons. The summed E-state index contributed by atoms with van der Waals surface area (Å²) < 4.78 is 71.7. The zero-order chi connectivity index (χ0) is 21.4. The number of halogens is 5. The molecule has 1 unspecified atom stereocenters. The number of Topliss-reactive ketones (excluding diaryl/α,β-unsaturated/α-hetero) is 1. The van der Waals surface area contributed by atoms with Crippen LogP contribution in [-0.2, 0) is 14.3 Å². The van der Waals surface area contributed by atoms with Crippen LogP contribution < -0.4 is 0 Å². The fraction of sp³-hybridized carbons (Fsp3) is 0.412. The van der Waals surface area contributed by atoms with E-state index in [4.69, 9.17) is 4.74 Å². The van der Waals surface area contributed by atoms with E-state index in [1.165, 1.54) is 20.8 Å². The molecule has 6 nitrogen and oxygen atoms in total. The van der Waals surface area contributed by atoms with E-state index in [-0.39, 0.29) is 13.0 Å². The van der Waals surface area contributed by atoms with Crippen LogP contribution in [0.4, 0.5) is 27.6 Å². The average molecular weight is 406 g/mol. The van der Waals surface area contributed by atoms with E-state index >= 15 is 0 Å². The van der Waals surface area contributed by atoms with E-state index in [1.54, 1.807) is 0 Å². The van der Waals surface area contributed by atoms with Crippen LogP contribution in [0.25, 0.3) is 0 Å². The number of aliphatic hydroxyl groups excluding tert-OH is 1. The maximum Gasteiger partial charge on any atom is 0.317 e. The van der Waals surface area contributed by atoms with Crippen LogP contribution in [0, 0.1) is 40.4 Å². The molecular formula is C17H15F5N2O4. The summed E-state index contributed by atoms with van der Waals surface area (Å²) in [5, 5.41) is 16.4. The number of hydrogen-bond acceptors (Lipinski definition) is 6. The SMILES string of the molecule is CCOC(=O)C1C(O)=C(N=Nc2c(F)c(F)c(F)c(F)c2F)C(=O)CC1(C)C. The maximum atomic E-state index is 13.7. The van der Waals surface area contributed by atoms with Gasteiger partial charge in [0.1, 0.15) is 11.7 Å². The van der Waals surface area contributed by atoms with Gasteiger partial charge in [0.15, 0.2) is 40.4 Å². The quantitative estimate of drug-likeness (QED) is 0.264. The standard InChI is InChI=1S/C17H15F5N2O4/c1-4-28-16(27)7-15(26)13(6(25)5-17(7,2)3)23-24-14-11(21)9(19)8(18)10(20)12(14)22/h7,26H,4-5H2,1-3H3. The molecule has 0 aliphatic heterocycles. The van der Waals surface area contributed by atoms with Gasteiger partial charge in [-0.05, 0) is 12.3 Å². The van der Waals surface area contributed by atoms with Gasteiger partial charge in [0.05, 0.1) is 6.61 Å². The Bertz CT molecular complexity index is 882. The lowest BCUT2D eigenvalue weighted by molar-refractivity contribution is -0.152. The van der Waals surface area contributed by atoms with Gasteiger partial charge >= 0.3 is 5.97 Å². The van der Waals surface area contributed by atoms with E-state index in [9.17, 15) is 36.6 Å². The highest BCUT2D eigenvalue weighted by atomic mass is 19.2. The molecule has 0 bridgehead atoms. The number of azo groups is 1. The summed E-state index contributed by atoms with van der Waals surface area (Å²) in [6.45, 7) is 4.50. The molecule has 28 heavy (non-hydrogen) atoms. The predicted molar refractivity (Wildman–Crippen MR) is 83.9 cm³/mol. The Kier molecular flexibility index (Phi) is 5.86. The van der Waals surface area contributed by atoms with E-state index in [2.05, 4.69) is 10.2 Å². The van der Waals surface area contributed by atoms with Crippen LogP contribution in [0.1, 0.15) is 27.2 Å². The first-order valence-electron chi connectivity index (χ1n) is 8.00. The van der Waals surface area contributed by atoms with Gasteiger partial charge < -0.3 is 9.84 Å². The number of hydrogen-bond donors (Lipinski definition) is 1. The predicted octanol–water partition coefficient (Wildman–Crippen LogP) is 4.41. The van der Waals surface area contributed by atoms with Crippen molar-refractivity contribution in [3.63, 3.8) is 0 Å². The summed E-state index contributed by atoms with van der Waals surface area (Å²) in [7, 11) is 0. The van der Waals surface area contributed by atoms with Crippen molar-refractivity contribution in [1.29, 1.82) is 0 Å². The average Bonchev–Trinajstić information content (AvgIpc) is 2.59. The summed E-state index contributed by atoms with van der Waals surface area (Å²) >= 11 is 0. The highest BCUT2D eigenvalue weighted by Crippen LogP contribution is 2.43. The lowest BCUT2D eigenvalue weighted by Crippen LogP contribution is -2.40. The van der Waals surface area contributed by atoms with Gasteiger partial charge in [-0.2, -0.15) is 0 Å². The van der Waals surface area contributed by atoms with Gasteiger partial charge in [0.2, 0.25) is 5.82 Å². The number of esters is 1. The van der Waals surface area contributed by atoms with Crippen molar-refractivity contribution in [2.24, 2.45) is 21.6 Å². The third-order valence-corrected chi connectivity index (χ3v) is 4.14. The number of carbonyl (C=O) groups excluding carboxylic acids is 2. The van der Waals surface area contributed by atoms with Crippen molar-refractivity contribution in [3.8, 4) is 0 Å². The number of benzene rings is 1. The Hall–Kier alpha value is -2.85. The van der Waals surface area contributed by atoms with Crippen molar-refractivity contribution in [1.82, 2.24) is 0 Å². The molecule has 0 heterocycles. The largest absolute Gasteiger partial charge is 0.509 e. The third kappa shape index (κ3) is 3.60. The second kappa shape index (κ2) is 7.64. The van der Waals surface area contributed by atoms with Gasteiger partial charge in [0.25, 0.3) is 0 Å². The molecule has 0 aromatic heterocycles. The molecule has 1 atom stereocenters. The van der Waals surface area contributed by atoms with Gasteiger partial charge in [-0.1, -0.05) is 13.8 Å². The number of rotatable bonds is 4. The first-order valence-corrected chi connectivity index (χ1v) is 8.00. The number of aliphatic hydroxyl groups is 1. The molecule has 11 heteroatoms. The molecule has 1 N–H and O–H groups in total. The zero-order valence-electron chi connectivity index (χ0n) is 14.9. The Morgan fingerprint density at radius 3 is 2.07 bits per heavy atom. The Morgan fingerprint density at radius 1 is 1.07 bits per heavy atom. The fourth-order valence-corrected chi connectivity index (χ4v) is 2.79. The molecule has 1 aliphatic rings. The van der Waals surface area contributed by atoms with Crippen LogP contribution in [0.15, 0.2) is 21.7 Å². The molecule has 0 saturated carbocycles. The van der Waals surface area contributed by atoms with Crippen LogP contribution in [0.2, 0.25) is 0 Å². The summed E-state index contributed by atoms with van der Waals surface area (Å²) in [5.41, 5.74) is -3.54. The van der Waals surface area contributed by atoms with Crippen LogP contribution in [0.5, 0.6) is 0 Å². The molecule has 152 valence electrons. The van der Waals surface area contributed by atoms with E-state index in [0.717, 1.165) is 0 Å². The topological polar surface area (TPSA) is 88.3 Å². The molecule has 0 fully saturated rings. The van der Waals surface area contributed by atoms with Gasteiger partial charge in [0, 0.05) is 6.42 Å². The summed E-state index contributed by atoms with van der Waals surface area (Å²) in [5.74, 6) is -15.3. The monoisotopic (exact) mass is 406 g/mol. The van der Waals surface area contributed by atoms with Crippen molar-refractivity contribution in [2.45, 2.75) is 27.2 Å². The second-order valence-electron chi connectivity index (χ2n) is 6.63. The first-order chi connectivity index (χ1) is 12.9. The fourth-order valence-electron chi connectivity index (χ4n) is 2.79. The molecule has 1 aromatic carbocycles. The molecule has 1 aromatic rings. The van der Waals surface area contributed by atoms with Crippen molar-refractivity contribution in [2.75, 3.05) is 6.61 Å². The van der Waals surface area contributed by atoms with Gasteiger partial charge in [-0.25, -0.2) is 22.0 Å². The van der Waals surface area contributed by atoms with Crippen molar-refractivity contribution >= 4 is 17.4 Å². The van der Waals surface area contributed by atoms with E-state index in [0.29, 0.717) is 0 Å². The minimum atomic E-state index is -2.38. The molecule has 0 spiro atoms. The van der Waals surface area contributed by atoms with Crippen molar-refractivity contribution < 1.29 is 41.4 Å². The second-order valence-corrected chi connectivity index (χ2v) is 6.63. The number of ketones is 1. The summed E-state index contributed by atoms with van der Waals surface area (Å²) in [6.07, 6.45) is -0.313. The number of nitrogens with zero attached hydrogens (tertiary/aromatic N) is 2. The zero-order valence-corrected chi connectivity index (χ0v) is 14.9. The van der Waals surface area contributed by atoms with Crippen LogP contribution >= 0.6 is 0 Å². The molecule has 1 aliphatic carbocycles. The minimum absolute atomic E-state index is 0.0198. The molecule has 0 saturated heterocycles. The van der Waals surface area contributed by atoms with Gasteiger partial charge in [-0.15, -0.1) is 10.2 Å². The molecule has 0 amide bonds. The van der Waals surface area contributed by atoms with E-state index < -0.39 is 69.3 Å². The summed E-state index contributed by atoms with van der Waals surface area (Å²) in [4.78, 5) is 24.3. The Labute approximate surface area is 155 Å². The normalized spacial score (nSPS) is 19.4. The Morgan fingerprint density at radius 2 is 1.57 bits per heavy atom. The van der Waals surface area contributed by atoms with Gasteiger partial charge in [-0.3, -0.25) is 9.59 Å². The smallest absolute Gasteiger partial charge is 0.317 e. The highest BCUT2D eigenvalue weighted by molar-refractivity contribution is 5.99. The Balaban J connectivity index is 2.57. The lowest BCUT2D eigenvalue weighted by Gasteiger charge is -2.35. The van der Waals surface area contributed by atoms with Crippen LogP contribution in [0.3, 0.4) is 0 Å². The number of ether oxygens (including phenoxy) is 1. The molecular weight excluding hydrogens is 391 g/mol.